The monoisotopic (exact) mass is 190 g/mol. The molecule has 1 unspecified atom stereocenters. The normalized spacial score (nSPS) is 20.1. The van der Waals surface area contributed by atoms with E-state index >= 15 is 0 Å². The van der Waals surface area contributed by atoms with Gasteiger partial charge in [-0.1, -0.05) is 18.6 Å². The minimum atomic E-state index is 0.0673. The first-order valence-corrected chi connectivity index (χ1v) is 5.01. The van der Waals surface area contributed by atoms with Crippen LogP contribution in [-0.2, 0) is 0 Å². The zero-order valence-corrected chi connectivity index (χ0v) is 8.54. The van der Waals surface area contributed by atoms with Gasteiger partial charge in [-0.25, -0.2) is 0 Å². The van der Waals surface area contributed by atoms with Crippen LogP contribution in [0.3, 0.4) is 0 Å². The molecule has 1 aromatic rings. The van der Waals surface area contributed by atoms with Gasteiger partial charge in [-0.05, 0) is 25.5 Å². The lowest BCUT2D eigenvalue weighted by atomic mass is 9.98. The quantitative estimate of drug-likeness (QED) is 0.680. The molecule has 0 aliphatic carbocycles. The van der Waals surface area contributed by atoms with E-state index in [2.05, 4.69) is 0 Å². The molecule has 0 N–H and O–H groups in total. The molecule has 14 heavy (non-hydrogen) atoms. The van der Waals surface area contributed by atoms with Crippen LogP contribution in [0.25, 0.3) is 0 Å². The number of hydrogen-bond donors (Lipinski definition) is 0. The van der Waals surface area contributed by atoms with Crippen molar-refractivity contribution in [2.45, 2.75) is 32.8 Å². The third-order valence-electron chi connectivity index (χ3n) is 2.60. The lowest BCUT2D eigenvalue weighted by molar-refractivity contribution is 0.0845. The van der Waals surface area contributed by atoms with E-state index in [4.69, 9.17) is 4.74 Å². The van der Waals surface area contributed by atoms with Crippen molar-refractivity contribution in [3.05, 3.63) is 29.3 Å². The van der Waals surface area contributed by atoms with Gasteiger partial charge in [-0.15, -0.1) is 0 Å². The van der Waals surface area contributed by atoms with Crippen LogP contribution in [0.1, 0.15) is 35.7 Å². The predicted molar refractivity (Wildman–Crippen MR) is 54.8 cm³/mol. The summed E-state index contributed by atoms with van der Waals surface area (Å²) in [5.41, 5.74) is 1.85. The van der Waals surface area contributed by atoms with Crippen LogP contribution in [0.15, 0.2) is 18.2 Å². The lowest BCUT2D eigenvalue weighted by Crippen LogP contribution is -2.26. The van der Waals surface area contributed by atoms with E-state index in [9.17, 15) is 4.79 Å². The molecule has 0 bridgehead atoms. The van der Waals surface area contributed by atoms with Crippen molar-refractivity contribution in [3.63, 3.8) is 0 Å². The molecule has 0 saturated carbocycles. The molecule has 0 aromatic heterocycles. The van der Waals surface area contributed by atoms with Crippen molar-refractivity contribution >= 4 is 5.78 Å². The molecule has 1 aliphatic rings. The summed E-state index contributed by atoms with van der Waals surface area (Å²) in [6, 6.07) is 5.78. The van der Waals surface area contributed by atoms with Gasteiger partial charge in [0.15, 0.2) is 5.78 Å². The van der Waals surface area contributed by atoms with Gasteiger partial charge in [-0.3, -0.25) is 4.79 Å². The first kappa shape index (κ1) is 9.25. The minimum absolute atomic E-state index is 0.0673. The smallest absolute Gasteiger partial charge is 0.170 e. The number of ether oxygens (including phenoxy) is 1. The molecule has 74 valence electrons. The van der Waals surface area contributed by atoms with Gasteiger partial charge in [0.2, 0.25) is 0 Å². The SMILES string of the molecule is CCC1CC(=O)c2cc(C)ccc2O1. The first-order valence-electron chi connectivity index (χ1n) is 5.01. The van der Waals surface area contributed by atoms with Crippen LogP contribution < -0.4 is 4.74 Å². The summed E-state index contributed by atoms with van der Waals surface area (Å²) in [6.07, 6.45) is 1.48. The number of aryl methyl sites for hydroxylation is 1. The summed E-state index contributed by atoms with van der Waals surface area (Å²) < 4.78 is 5.69. The van der Waals surface area contributed by atoms with Gasteiger partial charge in [0.05, 0.1) is 5.56 Å². The number of hydrogen-bond acceptors (Lipinski definition) is 2. The maximum atomic E-state index is 11.7. The standard InChI is InChI=1S/C12H14O2/c1-3-9-7-11(13)10-6-8(2)4-5-12(10)14-9/h4-6,9H,3,7H2,1-2H3. The van der Waals surface area contributed by atoms with Gasteiger partial charge in [-0.2, -0.15) is 0 Å². The fourth-order valence-corrected chi connectivity index (χ4v) is 1.73. The van der Waals surface area contributed by atoms with Crippen molar-refractivity contribution in [2.75, 3.05) is 0 Å². The van der Waals surface area contributed by atoms with Crippen LogP contribution >= 0.6 is 0 Å². The highest BCUT2D eigenvalue weighted by atomic mass is 16.5. The minimum Gasteiger partial charge on any atom is -0.489 e. The van der Waals surface area contributed by atoms with Gasteiger partial charge in [0, 0.05) is 6.42 Å². The molecule has 0 spiro atoms. The molecule has 1 atom stereocenters. The average molecular weight is 190 g/mol. The third kappa shape index (κ3) is 1.52. The van der Waals surface area contributed by atoms with Gasteiger partial charge in [0.1, 0.15) is 11.9 Å². The molecule has 1 aromatic carbocycles. The molecule has 0 saturated heterocycles. The topological polar surface area (TPSA) is 26.3 Å². The van der Waals surface area contributed by atoms with Gasteiger partial charge < -0.3 is 4.74 Å². The van der Waals surface area contributed by atoms with E-state index in [0.29, 0.717) is 6.42 Å². The Balaban J connectivity index is 2.40. The Bertz CT molecular complexity index is 369. The van der Waals surface area contributed by atoms with E-state index in [0.717, 1.165) is 23.3 Å². The molecule has 2 nitrogen and oxygen atoms in total. The fourth-order valence-electron chi connectivity index (χ4n) is 1.73. The summed E-state index contributed by atoms with van der Waals surface area (Å²) in [4.78, 5) is 11.7. The Hall–Kier alpha value is -1.31. The zero-order valence-electron chi connectivity index (χ0n) is 8.54. The molecule has 2 rings (SSSR count). The highest BCUT2D eigenvalue weighted by Gasteiger charge is 2.24. The summed E-state index contributed by atoms with van der Waals surface area (Å²) in [6.45, 7) is 4.02. The maximum absolute atomic E-state index is 11.7. The third-order valence-corrected chi connectivity index (χ3v) is 2.60. The second-order valence-corrected chi connectivity index (χ2v) is 3.78. The van der Waals surface area contributed by atoms with Gasteiger partial charge in [0.25, 0.3) is 0 Å². The molecular formula is C12H14O2. The van der Waals surface area contributed by atoms with Crippen LogP contribution in [0.4, 0.5) is 0 Å². The van der Waals surface area contributed by atoms with Crippen molar-refractivity contribution in [2.24, 2.45) is 0 Å². The number of benzene rings is 1. The van der Waals surface area contributed by atoms with Crippen molar-refractivity contribution in [1.29, 1.82) is 0 Å². The average Bonchev–Trinajstić information content (AvgIpc) is 2.19. The largest absolute Gasteiger partial charge is 0.489 e. The van der Waals surface area contributed by atoms with Crippen LogP contribution in [0, 0.1) is 6.92 Å². The Morgan fingerprint density at radius 3 is 3.00 bits per heavy atom. The van der Waals surface area contributed by atoms with Crippen molar-refractivity contribution < 1.29 is 9.53 Å². The molecule has 0 radical (unpaired) electrons. The number of rotatable bonds is 1. The number of carbonyl (C=O) groups excluding carboxylic acids is 1. The Kier molecular flexibility index (Phi) is 2.28. The number of fused-ring (bicyclic) bond motifs is 1. The number of carbonyl (C=O) groups is 1. The molecule has 2 heteroatoms. The van der Waals surface area contributed by atoms with E-state index in [1.807, 2.05) is 32.0 Å². The second-order valence-electron chi connectivity index (χ2n) is 3.78. The second kappa shape index (κ2) is 3.45. The molecular weight excluding hydrogens is 176 g/mol. The Morgan fingerprint density at radius 2 is 2.29 bits per heavy atom. The van der Waals surface area contributed by atoms with Crippen LogP contribution in [-0.4, -0.2) is 11.9 Å². The molecule has 0 fully saturated rings. The molecule has 0 amide bonds. The highest BCUT2D eigenvalue weighted by molar-refractivity contribution is 6.00. The first-order chi connectivity index (χ1) is 6.70. The summed E-state index contributed by atoms with van der Waals surface area (Å²) in [5, 5.41) is 0. The van der Waals surface area contributed by atoms with Crippen LogP contribution in [0.2, 0.25) is 0 Å². The fraction of sp³-hybridized carbons (Fsp3) is 0.417. The number of Topliss-reactive ketones (excluding diaryl/α,β-unsaturated/α-hetero) is 1. The van der Waals surface area contributed by atoms with E-state index in [1.54, 1.807) is 0 Å². The summed E-state index contributed by atoms with van der Waals surface area (Å²) in [5.74, 6) is 0.959. The van der Waals surface area contributed by atoms with E-state index < -0.39 is 0 Å². The molecule has 1 heterocycles. The zero-order chi connectivity index (χ0) is 10.1. The summed E-state index contributed by atoms with van der Waals surface area (Å²) >= 11 is 0. The molecule has 1 aliphatic heterocycles. The number of ketones is 1. The van der Waals surface area contributed by atoms with Crippen molar-refractivity contribution in [3.8, 4) is 5.75 Å². The lowest BCUT2D eigenvalue weighted by Gasteiger charge is -2.24. The maximum Gasteiger partial charge on any atom is 0.170 e. The van der Waals surface area contributed by atoms with E-state index in [1.165, 1.54) is 0 Å². The van der Waals surface area contributed by atoms with E-state index in [-0.39, 0.29) is 11.9 Å². The highest BCUT2D eigenvalue weighted by Crippen LogP contribution is 2.29. The van der Waals surface area contributed by atoms with Gasteiger partial charge >= 0.3 is 0 Å². The van der Waals surface area contributed by atoms with Crippen molar-refractivity contribution in [1.82, 2.24) is 0 Å². The van der Waals surface area contributed by atoms with Crippen LogP contribution in [0.5, 0.6) is 5.75 Å². The Labute approximate surface area is 83.9 Å². The Morgan fingerprint density at radius 1 is 1.50 bits per heavy atom. The predicted octanol–water partition coefficient (Wildman–Crippen LogP) is 2.74. The summed E-state index contributed by atoms with van der Waals surface area (Å²) in [7, 11) is 0.